The van der Waals surface area contributed by atoms with Crippen LogP contribution in [0.2, 0.25) is 0 Å². The summed E-state index contributed by atoms with van der Waals surface area (Å²) in [6, 6.07) is 5.63. The van der Waals surface area contributed by atoms with E-state index in [0.29, 0.717) is 25.1 Å². The molecule has 3 nitrogen and oxygen atoms in total. The van der Waals surface area contributed by atoms with Crippen molar-refractivity contribution in [2.45, 2.75) is 31.5 Å². The molecule has 1 aromatic rings. The molecule has 0 aromatic heterocycles. The van der Waals surface area contributed by atoms with Crippen LogP contribution in [-0.4, -0.2) is 36.5 Å². The Morgan fingerprint density at radius 2 is 2.14 bits per heavy atom. The maximum Gasteiger partial charge on any atom is 0.416 e. The zero-order chi connectivity index (χ0) is 15.9. The smallest absolute Gasteiger partial charge is 0.340 e. The van der Waals surface area contributed by atoms with Crippen molar-refractivity contribution in [3.05, 3.63) is 35.4 Å². The molecular weight excluding hydrogens is 293 g/mol. The van der Waals surface area contributed by atoms with Crippen molar-refractivity contribution >= 4 is 5.91 Å². The molecule has 0 radical (unpaired) electrons. The first-order chi connectivity index (χ1) is 10.4. The van der Waals surface area contributed by atoms with Crippen LogP contribution in [0.25, 0.3) is 0 Å². The number of rotatable bonds is 2. The number of amides is 1. The second kappa shape index (κ2) is 5.57. The molecule has 1 saturated carbocycles. The normalized spacial score (nSPS) is 28.5. The van der Waals surface area contributed by atoms with E-state index in [-0.39, 0.29) is 23.8 Å². The lowest BCUT2D eigenvalue weighted by Gasteiger charge is -2.32. The van der Waals surface area contributed by atoms with Crippen molar-refractivity contribution in [2.24, 2.45) is 5.92 Å². The van der Waals surface area contributed by atoms with Gasteiger partial charge in [0.05, 0.1) is 5.56 Å². The van der Waals surface area contributed by atoms with Gasteiger partial charge >= 0.3 is 6.18 Å². The first-order valence-corrected chi connectivity index (χ1v) is 7.55. The Balaban J connectivity index is 1.68. The van der Waals surface area contributed by atoms with Crippen LogP contribution >= 0.6 is 0 Å². The van der Waals surface area contributed by atoms with Gasteiger partial charge in [-0.15, -0.1) is 0 Å². The number of carbonyl (C=O) groups is 1. The number of hydrogen-bond acceptors (Lipinski definition) is 2. The molecule has 1 saturated heterocycles. The zero-order valence-electron chi connectivity index (χ0n) is 12.4. The van der Waals surface area contributed by atoms with Crippen molar-refractivity contribution in [1.29, 1.82) is 0 Å². The maximum absolute atomic E-state index is 12.8. The number of nitrogens with zero attached hydrogens (tertiary/aromatic N) is 1. The fourth-order valence-electron chi connectivity index (χ4n) is 3.15. The fraction of sp³-hybridized carbons (Fsp3) is 0.562. The number of halogens is 3. The molecule has 3 atom stereocenters. The van der Waals surface area contributed by atoms with Gasteiger partial charge in [-0.1, -0.05) is 18.2 Å². The quantitative estimate of drug-likeness (QED) is 0.910. The number of nitrogens with one attached hydrogen (secondary N) is 1. The Kier molecular flexibility index (Phi) is 3.89. The summed E-state index contributed by atoms with van der Waals surface area (Å²) in [5, 5.41) is 3.27. The van der Waals surface area contributed by atoms with Gasteiger partial charge in [0, 0.05) is 31.6 Å². The Morgan fingerprint density at radius 3 is 2.82 bits per heavy atom. The molecule has 2 fully saturated rings. The summed E-state index contributed by atoms with van der Waals surface area (Å²) in [5.41, 5.74) is -0.0183. The van der Waals surface area contributed by atoms with E-state index in [1.165, 1.54) is 12.1 Å². The van der Waals surface area contributed by atoms with Crippen molar-refractivity contribution in [3.8, 4) is 0 Å². The van der Waals surface area contributed by atoms with Gasteiger partial charge in [0.1, 0.15) is 0 Å². The molecular formula is C16H19F3N2O. The van der Waals surface area contributed by atoms with E-state index < -0.39 is 11.7 Å². The van der Waals surface area contributed by atoms with Crippen LogP contribution < -0.4 is 5.32 Å². The second-order valence-electron chi connectivity index (χ2n) is 6.21. The van der Waals surface area contributed by atoms with Gasteiger partial charge in [-0.3, -0.25) is 4.79 Å². The molecule has 0 bridgehead atoms. The van der Waals surface area contributed by atoms with E-state index in [0.717, 1.165) is 12.6 Å². The molecule has 1 aromatic carbocycles. The predicted octanol–water partition coefficient (Wildman–Crippen LogP) is 2.63. The lowest BCUT2D eigenvalue weighted by molar-refractivity contribution is -0.137. The van der Waals surface area contributed by atoms with Gasteiger partial charge in [0.2, 0.25) is 5.91 Å². The zero-order valence-corrected chi connectivity index (χ0v) is 12.4. The first-order valence-electron chi connectivity index (χ1n) is 7.55. The van der Waals surface area contributed by atoms with Crippen LogP contribution in [-0.2, 0) is 11.0 Å². The van der Waals surface area contributed by atoms with Crippen LogP contribution in [0.5, 0.6) is 0 Å². The highest BCUT2D eigenvalue weighted by Crippen LogP contribution is 2.49. The number of benzene rings is 1. The molecule has 6 heteroatoms. The van der Waals surface area contributed by atoms with Gasteiger partial charge in [-0.25, -0.2) is 0 Å². The van der Waals surface area contributed by atoms with E-state index in [1.807, 2.05) is 11.8 Å². The van der Waals surface area contributed by atoms with Crippen LogP contribution in [0.15, 0.2) is 24.3 Å². The molecule has 1 amide bonds. The minimum atomic E-state index is -4.33. The largest absolute Gasteiger partial charge is 0.416 e. The second-order valence-corrected chi connectivity index (χ2v) is 6.21. The summed E-state index contributed by atoms with van der Waals surface area (Å²) < 4.78 is 38.3. The van der Waals surface area contributed by atoms with E-state index in [9.17, 15) is 18.0 Å². The highest BCUT2D eigenvalue weighted by atomic mass is 19.4. The van der Waals surface area contributed by atoms with Crippen molar-refractivity contribution in [3.63, 3.8) is 0 Å². The lowest BCUT2D eigenvalue weighted by atomic mass is 10.0. The molecule has 3 rings (SSSR count). The molecule has 1 aliphatic carbocycles. The Hall–Kier alpha value is -1.56. The molecule has 1 N–H and O–H groups in total. The standard InChI is InChI=1S/C16H19F3N2O/c1-10-9-21(6-5-20-10)15(22)14-8-13(14)11-3-2-4-12(7-11)16(17,18)19/h2-4,7,10,13-14,20H,5-6,8-9H2,1H3/t10-,13-,14-/m1/s1. The van der Waals surface area contributed by atoms with E-state index in [4.69, 9.17) is 0 Å². The SMILES string of the molecule is C[C@@H]1CN(C(=O)[C@@H]2C[C@@H]2c2cccc(C(F)(F)F)c2)CCN1. The van der Waals surface area contributed by atoms with Gasteiger partial charge in [-0.05, 0) is 30.9 Å². The Bertz CT molecular complexity index is 573. The topological polar surface area (TPSA) is 32.3 Å². The fourth-order valence-corrected chi connectivity index (χ4v) is 3.15. The first kappa shape index (κ1) is 15.3. The summed E-state index contributed by atoms with van der Waals surface area (Å²) >= 11 is 0. The van der Waals surface area contributed by atoms with E-state index in [2.05, 4.69) is 5.32 Å². The summed E-state index contributed by atoms with van der Waals surface area (Å²) in [4.78, 5) is 14.3. The Labute approximate surface area is 127 Å². The van der Waals surface area contributed by atoms with Gasteiger partial charge in [0.25, 0.3) is 0 Å². The molecule has 1 heterocycles. The summed E-state index contributed by atoms with van der Waals surface area (Å²) in [6.07, 6.45) is -3.68. The third-order valence-corrected chi connectivity index (χ3v) is 4.43. The number of carbonyl (C=O) groups excluding carboxylic acids is 1. The van der Waals surface area contributed by atoms with Crippen LogP contribution in [0.1, 0.15) is 30.4 Å². The molecule has 2 aliphatic rings. The van der Waals surface area contributed by atoms with E-state index in [1.54, 1.807) is 6.07 Å². The average Bonchev–Trinajstić information content (AvgIpc) is 3.26. The predicted molar refractivity (Wildman–Crippen MR) is 76.3 cm³/mol. The third kappa shape index (κ3) is 3.11. The summed E-state index contributed by atoms with van der Waals surface area (Å²) in [7, 11) is 0. The third-order valence-electron chi connectivity index (χ3n) is 4.43. The minimum Gasteiger partial charge on any atom is -0.340 e. The Morgan fingerprint density at radius 1 is 1.36 bits per heavy atom. The van der Waals surface area contributed by atoms with Crippen molar-refractivity contribution < 1.29 is 18.0 Å². The molecule has 22 heavy (non-hydrogen) atoms. The number of hydrogen-bond donors (Lipinski definition) is 1. The highest BCUT2D eigenvalue weighted by Gasteiger charge is 2.46. The van der Waals surface area contributed by atoms with Crippen LogP contribution in [0.4, 0.5) is 13.2 Å². The van der Waals surface area contributed by atoms with Gasteiger partial charge in [0.15, 0.2) is 0 Å². The minimum absolute atomic E-state index is 0.0695. The van der Waals surface area contributed by atoms with Gasteiger partial charge in [-0.2, -0.15) is 13.2 Å². The highest BCUT2D eigenvalue weighted by molar-refractivity contribution is 5.83. The molecule has 0 unspecified atom stereocenters. The monoisotopic (exact) mass is 312 g/mol. The molecule has 0 spiro atoms. The lowest BCUT2D eigenvalue weighted by Crippen LogP contribution is -2.51. The average molecular weight is 312 g/mol. The van der Waals surface area contributed by atoms with E-state index >= 15 is 0 Å². The van der Waals surface area contributed by atoms with Crippen molar-refractivity contribution in [1.82, 2.24) is 10.2 Å². The maximum atomic E-state index is 12.8. The number of alkyl halides is 3. The number of piperazine rings is 1. The molecule has 1 aliphatic heterocycles. The van der Waals surface area contributed by atoms with Crippen molar-refractivity contribution in [2.75, 3.05) is 19.6 Å². The van der Waals surface area contributed by atoms with Crippen LogP contribution in [0.3, 0.4) is 0 Å². The summed E-state index contributed by atoms with van der Waals surface area (Å²) in [6.45, 7) is 4.14. The summed E-state index contributed by atoms with van der Waals surface area (Å²) in [5.74, 6) is -0.149. The van der Waals surface area contributed by atoms with Crippen LogP contribution in [0, 0.1) is 5.92 Å². The molecule has 120 valence electrons. The van der Waals surface area contributed by atoms with Gasteiger partial charge < -0.3 is 10.2 Å².